The van der Waals surface area contributed by atoms with Gasteiger partial charge in [0, 0.05) is 17.9 Å². The number of aromatic nitrogens is 4. The van der Waals surface area contributed by atoms with E-state index in [2.05, 4.69) is 14.9 Å². The Kier molecular flexibility index (Phi) is 4.86. The zero-order valence-electron chi connectivity index (χ0n) is 15.4. The summed E-state index contributed by atoms with van der Waals surface area (Å²) in [4.78, 5) is 0.200. The second kappa shape index (κ2) is 6.95. The molecule has 7 nitrogen and oxygen atoms in total. The smallest absolute Gasteiger partial charge is 0.265 e. The Hall–Kier alpha value is -2.61. The van der Waals surface area contributed by atoms with Crippen LogP contribution >= 0.6 is 0 Å². The van der Waals surface area contributed by atoms with Crippen LogP contribution in [0.2, 0.25) is 0 Å². The van der Waals surface area contributed by atoms with E-state index in [1.165, 1.54) is 6.20 Å². The van der Waals surface area contributed by atoms with Gasteiger partial charge in [-0.3, -0.25) is 14.1 Å². The van der Waals surface area contributed by atoms with E-state index in [0.717, 1.165) is 17.0 Å². The highest BCUT2D eigenvalue weighted by atomic mass is 32.2. The fraction of sp³-hybridized carbons (Fsp3) is 0.333. The van der Waals surface area contributed by atoms with Gasteiger partial charge in [-0.05, 0) is 51.5 Å². The predicted octanol–water partition coefficient (Wildman–Crippen LogP) is 2.87. The molecule has 0 fully saturated rings. The van der Waals surface area contributed by atoms with Crippen LogP contribution in [-0.2, 0) is 23.1 Å². The molecule has 2 aromatic heterocycles. The Bertz CT molecular complexity index is 1020. The third kappa shape index (κ3) is 3.65. The molecule has 0 radical (unpaired) electrons. The zero-order chi connectivity index (χ0) is 18.9. The minimum absolute atomic E-state index is 0.200. The number of nitrogens with one attached hydrogen (secondary N) is 1. The topological polar surface area (TPSA) is 81.8 Å². The minimum Gasteiger partial charge on any atom is -0.280 e. The molecular formula is C18H23N5O2S. The Labute approximate surface area is 153 Å². The maximum absolute atomic E-state index is 12.6. The molecule has 0 aliphatic carbocycles. The first-order valence-corrected chi connectivity index (χ1v) is 9.93. The van der Waals surface area contributed by atoms with Gasteiger partial charge in [0.05, 0.1) is 24.1 Å². The monoisotopic (exact) mass is 373 g/mol. The van der Waals surface area contributed by atoms with Gasteiger partial charge in [0.1, 0.15) is 4.90 Å². The summed E-state index contributed by atoms with van der Waals surface area (Å²) in [6.45, 7) is 8.93. The highest BCUT2D eigenvalue weighted by Crippen LogP contribution is 2.20. The van der Waals surface area contributed by atoms with Crippen LogP contribution in [0.3, 0.4) is 0 Å². The van der Waals surface area contributed by atoms with Crippen molar-refractivity contribution in [2.75, 3.05) is 4.72 Å². The van der Waals surface area contributed by atoms with E-state index in [0.29, 0.717) is 24.5 Å². The fourth-order valence-corrected chi connectivity index (χ4v) is 4.14. The van der Waals surface area contributed by atoms with Gasteiger partial charge in [-0.25, -0.2) is 8.42 Å². The van der Waals surface area contributed by atoms with Gasteiger partial charge in [0.25, 0.3) is 10.0 Å². The number of nitrogens with zero attached hydrogens (tertiary/aromatic N) is 4. The summed E-state index contributed by atoms with van der Waals surface area (Å²) in [5.41, 5.74) is 4.27. The van der Waals surface area contributed by atoms with Crippen LogP contribution in [0.15, 0.2) is 41.4 Å². The normalized spacial score (nSPS) is 11.7. The highest BCUT2D eigenvalue weighted by molar-refractivity contribution is 7.92. The van der Waals surface area contributed by atoms with Crippen LogP contribution in [-0.4, -0.2) is 28.0 Å². The van der Waals surface area contributed by atoms with Crippen LogP contribution in [0, 0.1) is 20.8 Å². The van der Waals surface area contributed by atoms with Gasteiger partial charge < -0.3 is 0 Å². The summed E-state index contributed by atoms with van der Waals surface area (Å²) >= 11 is 0. The van der Waals surface area contributed by atoms with Crippen molar-refractivity contribution in [3.8, 4) is 0 Å². The second-order valence-electron chi connectivity index (χ2n) is 6.30. The summed E-state index contributed by atoms with van der Waals surface area (Å²) in [6.07, 6.45) is 1.39. The Morgan fingerprint density at radius 3 is 2.31 bits per heavy atom. The number of rotatable bonds is 6. The average molecular weight is 373 g/mol. The Morgan fingerprint density at radius 1 is 1.08 bits per heavy atom. The van der Waals surface area contributed by atoms with Crippen LogP contribution in [0.5, 0.6) is 0 Å². The molecule has 0 atom stereocenters. The lowest BCUT2D eigenvalue weighted by molar-refractivity contribution is 0.598. The first-order valence-electron chi connectivity index (χ1n) is 8.45. The standard InChI is InChI=1S/C18H23N5O2S/c1-5-22-15(4)18(11-19-22)26(24,25)21-17-8-6-16(7-9-17)12-23-14(3)10-13(2)20-23/h6-11,21H,5,12H2,1-4H3. The minimum atomic E-state index is -3.66. The molecule has 1 aromatic carbocycles. The van der Waals surface area contributed by atoms with Crippen LogP contribution < -0.4 is 4.72 Å². The summed E-state index contributed by atoms with van der Waals surface area (Å²) in [7, 11) is -3.66. The first-order chi connectivity index (χ1) is 12.3. The molecule has 0 aliphatic rings. The maximum Gasteiger partial charge on any atom is 0.265 e. The van der Waals surface area contributed by atoms with Crippen LogP contribution in [0.4, 0.5) is 5.69 Å². The van der Waals surface area contributed by atoms with Gasteiger partial charge >= 0.3 is 0 Å². The molecule has 138 valence electrons. The van der Waals surface area contributed by atoms with Crippen molar-refractivity contribution in [1.82, 2.24) is 19.6 Å². The number of anilines is 1. The first kappa shape index (κ1) is 18.2. The van der Waals surface area contributed by atoms with E-state index >= 15 is 0 Å². The zero-order valence-corrected chi connectivity index (χ0v) is 16.2. The van der Waals surface area contributed by atoms with Crippen molar-refractivity contribution >= 4 is 15.7 Å². The molecule has 8 heteroatoms. The van der Waals surface area contributed by atoms with E-state index in [9.17, 15) is 8.42 Å². The summed E-state index contributed by atoms with van der Waals surface area (Å²) in [6, 6.07) is 9.35. The molecule has 0 saturated carbocycles. The third-order valence-electron chi connectivity index (χ3n) is 4.29. The van der Waals surface area contributed by atoms with E-state index in [-0.39, 0.29) is 4.90 Å². The third-order valence-corrected chi connectivity index (χ3v) is 5.77. The Balaban J connectivity index is 1.76. The molecule has 26 heavy (non-hydrogen) atoms. The predicted molar refractivity (Wildman–Crippen MR) is 101 cm³/mol. The van der Waals surface area contributed by atoms with Crippen LogP contribution in [0.25, 0.3) is 0 Å². The molecule has 3 aromatic rings. The molecule has 3 rings (SSSR count). The quantitative estimate of drug-likeness (QED) is 0.720. The lowest BCUT2D eigenvalue weighted by atomic mass is 10.2. The van der Waals surface area contributed by atoms with E-state index in [4.69, 9.17) is 0 Å². The van der Waals surface area contributed by atoms with Crippen molar-refractivity contribution in [2.45, 2.75) is 45.7 Å². The van der Waals surface area contributed by atoms with Gasteiger partial charge in [0.2, 0.25) is 0 Å². The number of hydrogen-bond acceptors (Lipinski definition) is 4. The van der Waals surface area contributed by atoms with Crippen molar-refractivity contribution in [3.05, 3.63) is 59.2 Å². The fourth-order valence-electron chi connectivity index (χ4n) is 2.91. The number of sulfonamides is 1. The van der Waals surface area contributed by atoms with Crippen molar-refractivity contribution in [2.24, 2.45) is 0 Å². The molecule has 0 saturated heterocycles. The summed E-state index contributed by atoms with van der Waals surface area (Å²) in [5, 5.41) is 8.54. The summed E-state index contributed by atoms with van der Waals surface area (Å²) < 4.78 is 31.4. The van der Waals surface area contributed by atoms with Crippen LogP contribution in [0.1, 0.15) is 29.6 Å². The van der Waals surface area contributed by atoms with E-state index < -0.39 is 10.0 Å². The van der Waals surface area contributed by atoms with Crippen molar-refractivity contribution in [3.63, 3.8) is 0 Å². The lowest BCUT2D eigenvalue weighted by Crippen LogP contribution is -2.14. The largest absolute Gasteiger partial charge is 0.280 e. The molecule has 0 unspecified atom stereocenters. The molecule has 0 spiro atoms. The maximum atomic E-state index is 12.6. The van der Waals surface area contributed by atoms with Crippen molar-refractivity contribution in [1.29, 1.82) is 0 Å². The molecule has 1 N–H and O–H groups in total. The molecule has 2 heterocycles. The van der Waals surface area contributed by atoms with Crippen molar-refractivity contribution < 1.29 is 8.42 Å². The number of hydrogen-bond donors (Lipinski definition) is 1. The SMILES string of the molecule is CCn1ncc(S(=O)(=O)Nc2ccc(Cn3nc(C)cc3C)cc2)c1C. The van der Waals surface area contributed by atoms with E-state index in [1.807, 2.05) is 43.7 Å². The Morgan fingerprint density at radius 2 is 1.77 bits per heavy atom. The van der Waals surface area contributed by atoms with E-state index in [1.54, 1.807) is 23.7 Å². The van der Waals surface area contributed by atoms with Gasteiger partial charge in [0.15, 0.2) is 0 Å². The highest BCUT2D eigenvalue weighted by Gasteiger charge is 2.20. The summed E-state index contributed by atoms with van der Waals surface area (Å²) in [5.74, 6) is 0. The molecule has 0 aliphatic heterocycles. The van der Waals surface area contributed by atoms with Gasteiger partial charge in [-0.2, -0.15) is 10.2 Å². The number of aryl methyl sites for hydroxylation is 3. The lowest BCUT2D eigenvalue weighted by Gasteiger charge is -2.09. The molecule has 0 bridgehead atoms. The van der Waals surface area contributed by atoms with Gasteiger partial charge in [-0.15, -0.1) is 0 Å². The average Bonchev–Trinajstić information content (AvgIpc) is 3.11. The number of benzene rings is 1. The second-order valence-corrected chi connectivity index (χ2v) is 7.95. The molecule has 0 amide bonds. The molecular weight excluding hydrogens is 350 g/mol. The van der Waals surface area contributed by atoms with Gasteiger partial charge in [-0.1, -0.05) is 12.1 Å².